The van der Waals surface area contributed by atoms with Gasteiger partial charge in [0.1, 0.15) is 0 Å². The van der Waals surface area contributed by atoms with Crippen LogP contribution in [0, 0.1) is 18.8 Å². The summed E-state index contributed by atoms with van der Waals surface area (Å²) in [5.74, 6) is 0.644. The molecule has 1 amide bonds. The molecule has 2 rings (SSSR count). The Kier molecular flexibility index (Phi) is 6.40. The van der Waals surface area contributed by atoms with Crippen LogP contribution >= 0.6 is 0 Å². The van der Waals surface area contributed by atoms with Crippen molar-refractivity contribution in [3.8, 4) is 0 Å². The van der Waals surface area contributed by atoms with Gasteiger partial charge in [-0.15, -0.1) is 0 Å². The Bertz CT molecular complexity index is 644. The van der Waals surface area contributed by atoms with E-state index in [4.69, 9.17) is 4.18 Å². The molecule has 1 fully saturated rings. The smallest absolute Gasteiger partial charge is 0.296 e. The number of carbonyl (C=O) groups excluding carboxylic acids is 1. The third-order valence-corrected chi connectivity index (χ3v) is 5.82. The van der Waals surface area contributed by atoms with Crippen LogP contribution in [-0.2, 0) is 19.1 Å². The molecule has 6 heteroatoms. The van der Waals surface area contributed by atoms with E-state index in [1.54, 1.807) is 24.3 Å². The minimum atomic E-state index is -3.68. The van der Waals surface area contributed by atoms with E-state index >= 15 is 0 Å². The first kappa shape index (κ1) is 18.9. The molecule has 1 aromatic rings. The van der Waals surface area contributed by atoms with E-state index in [0.717, 1.165) is 31.5 Å². The summed E-state index contributed by atoms with van der Waals surface area (Å²) in [5.41, 5.74) is 1.01. The molecule has 5 nitrogen and oxygen atoms in total. The molecule has 1 aliphatic rings. The Morgan fingerprint density at radius 3 is 2.33 bits per heavy atom. The summed E-state index contributed by atoms with van der Waals surface area (Å²) in [6.07, 6.45) is 2.52. The highest BCUT2D eigenvalue weighted by atomic mass is 32.2. The van der Waals surface area contributed by atoms with Crippen LogP contribution in [-0.4, -0.2) is 38.9 Å². The zero-order chi connectivity index (χ0) is 17.7. The molecule has 1 aromatic carbocycles. The number of hydrogen-bond donors (Lipinski definition) is 0. The van der Waals surface area contributed by atoms with Crippen LogP contribution in [0.1, 0.15) is 38.7 Å². The molecule has 1 heterocycles. The zero-order valence-corrected chi connectivity index (χ0v) is 15.5. The highest BCUT2D eigenvalue weighted by molar-refractivity contribution is 7.86. The van der Waals surface area contributed by atoms with E-state index in [1.807, 2.05) is 25.7 Å². The summed E-state index contributed by atoms with van der Waals surface area (Å²) in [7, 11) is -3.68. The second-order valence-electron chi connectivity index (χ2n) is 6.80. The van der Waals surface area contributed by atoms with Crippen molar-refractivity contribution >= 4 is 16.0 Å². The Morgan fingerprint density at radius 2 is 1.79 bits per heavy atom. The van der Waals surface area contributed by atoms with Gasteiger partial charge in [-0.3, -0.25) is 8.98 Å². The summed E-state index contributed by atoms with van der Waals surface area (Å²) < 4.78 is 29.4. The van der Waals surface area contributed by atoms with Gasteiger partial charge in [-0.1, -0.05) is 31.5 Å². The highest BCUT2D eigenvalue weighted by Gasteiger charge is 2.24. The average Bonchev–Trinajstić information content (AvgIpc) is 2.55. The van der Waals surface area contributed by atoms with Gasteiger partial charge in [0.15, 0.2) is 0 Å². The fraction of sp³-hybridized carbons (Fsp3) is 0.611. The van der Waals surface area contributed by atoms with E-state index in [1.165, 1.54) is 0 Å². The van der Waals surface area contributed by atoms with Crippen LogP contribution in [0.15, 0.2) is 29.2 Å². The van der Waals surface area contributed by atoms with Gasteiger partial charge < -0.3 is 4.90 Å². The number of aryl methyl sites for hydroxylation is 1. The average molecular weight is 353 g/mol. The van der Waals surface area contributed by atoms with Crippen LogP contribution in [0.2, 0.25) is 0 Å². The molecule has 1 aliphatic heterocycles. The van der Waals surface area contributed by atoms with E-state index in [-0.39, 0.29) is 23.3 Å². The SMILES string of the molecule is Cc1ccc(S(=O)(=O)OCCC2CCN(C(=O)C(C)C)CC2)cc1. The molecule has 134 valence electrons. The molecule has 0 spiro atoms. The number of carbonyl (C=O) groups is 1. The first-order chi connectivity index (χ1) is 11.3. The first-order valence-electron chi connectivity index (χ1n) is 8.54. The Balaban J connectivity index is 1.77. The monoisotopic (exact) mass is 353 g/mol. The number of likely N-dealkylation sites (tertiary alicyclic amines) is 1. The van der Waals surface area contributed by atoms with Gasteiger partial charge in [0.25, 0.3) is 10.1 Å². The number of piperidine rings is 1. The molecule has 24 heavy (non-hydrogen) atoms. The lowest BCUT2D eigenvalue weighted by atomic mass is 9.93. The third-order valence-electron chi connectivity index (χ3n) is 4.49. The molecule has 0 unspecified atom stereocenters. The number of amides is 1. The molecular formula is C18H27NO4S. The molecular weight excluding hydrogens is 326 g/mol. The first-order valence-corrected chi connectivity index (χ1v) is 9.95. The van der Waals surface area contributed by atoms with Crippen molar-refractivity contribution in [2.24, 2.45) is 11.8 Å². The quantitative estimate of drug-likeness (QED) is 0.738. The van der Waals surface area contributed by atoms with Crippen LogP contribution < -0.4 is 0 Å². The maximum Gasteiger partial charge on any atom is 0.296 e. The Morgan fingerprint density at radius 1 is 1.21 bits per heavy atom. The van der Waals surface area contributed by atoms with E-state index in [0.29, 0.717) is 12.3 Å². The predicted octanol–water partition coefficient (Wildman–Crippen LogP) is 2.99. The Hall–Kier alpha value is -1.40. The lowest BCUT2D eigenvalue weighted by Gasteiger charge is -2.33. The molecule has 0 bridgehead atoms. The fourth-order valence-electron chi connectivity index (χ4n) is 2.90. The molecule has 0 aromatic heterocycles. The maximum atomic E-state index is 12.1. The normalized spacial score (nSPS) is 16.6. The molecule has 0 atom stereocenters. The number of nitrogens with zero attached hydrogens (tertiary/aromatic N) is 1. The van der Waals surface area contributed by atoms with Gasteiger partial charge in [0.05, 0.1) is 11.5 Å². The minimum absolute atomic E-state index is 0.0320. The number of benzene rings is 1. The number of rotatable bonds is 6. The van der Waals surface area contributed by atoms with Crippen molar-refractivity contribution in [2.75, 3.05) is 19.7 Å². The van der Waals surface area contributed by atoms with Gasteiger partial charge in [-0.05, 0) is 44.2 Å². The second-order valence-corrected chi connectivity index (χ2v) is 8.42. The largest absolute Gasteiger partial charge is 0.342 e. The lowest BCUT2D eigenvalue weighted by Crippen LogP contribution is -2.40. The van der Waals surface area contributed by atoms with E-state index in [9.17, 15) is 13.2 Å². The van der Waals surface area contributed by atoms with Gasteiger partial charge in [-0.2, -0.15) is 8.42 Å². The highest BCUT2D eigenvalue weighted by Crippen LogP contribution is 2.22. The lowest BCUT2D eigenvalue weighted by molar-refractivity contribution is -0.135. The van der Waals surface area contributed by atoms with Crippen LogP contribution in [0.3, 0.4) is 0 Å². The fourth-order valence-corrected chi connectivity index (χ4v) is 3.83. The zero-order valence-electron chi connectivity index (χ0n) is 14.7. The topological polar surface area (TPSA) is 63.7 Å². The molecule has 1 saturated heterocycles. The molecule has 0 saturated carbocycles. The van der Waals surface area contributed by atoms with Crippen molar-refractivity contribution in [1.82, 2.24) is 4.90 Å². The standard InChI is InChI=1S/C18H27NO4S/c1-14(2)18(20)19-11-8-16(9-12-19)10-13-23-24(21,22)17-6-4-15(3)5-7-17/h4-7,14,16H,8-13H2,1-3H3. The minimum Gasteiger partial charge on any atom is -0.342 e. The second kappa shape index (κ2) is 8.12. The third kappa shape index (κ3) is 5.05. The molecule has 0 N–H and O–H groups in total. The van der Waals surface area contributed by atoms with Gasteiger partial charge >= 0.3 is 0 Å². The van der Waals surface area contributed by atoms with Crippen LogP contribution in [0.4, 0.5) is 0 Å². The van der Waals surface area contributed by atoms with Crippen molar-refractivity contribution in [3.63, 3.8) is 0 Å². The summed E-state index contributed by atoms with van der Waals surface area (Å²) in [6, 6.07) is 6.66. The Labute approximate surface area is 145 Å². The van der Waals surface area contributed by atoms with Crippen LogP contribution in [0.5, 0.6) is 0 Å². The van der Waals surface area contributed by atoms with Crippen molar-refractivity contribution < 1.29 is 17.4 Å². The summed E-state index contributed by atoms with van der Waals surface area (Å²) >= 11 is 0. The predicted molar refractivity (Wildman–Crippen MR) is 93.1 cm³/mol. The van der Waals surface area contributed by atoms with Gasteiger partial charge in [0.2, 0.25) is 5.91 Å². The molecule has 0 aliphatic carbocycles. The summed E-state index contributed by atoms with van der Waals surface area (Å²) in [4.78, 5) is 14.1. The van der Waals surface area contributed by atoms with Crippen LogP contribution in [0.25, 0.3) is 0 Å². The summed E-state index contributed by atoms with van der Waals surface area (Å²) in [5, 5.41) is 0. The van der Waals surface area contributed by atoms with Crippen molar-refractivity contribution in [2.45, 2.75) is 44.9 Å². The molecule has 0 radical (unpaired) electrons. The van der Waals surface area contributed by atoms with Gasteiger partial charge in [-0.25, -0.2) is 0 Å². The number of hydrogen-bond acceptors (Lipinski definition) is 4. The van der Waals surface area contributed by atoms with E-state index < -0.39 is 10.1 Å². The van der Waals surface area contributed by atoms with Gasteiger partial charge in [0, 0.05) is 19.0 Å². The maximum absolute atomic E-state index is 12.1. The summed E-state index contributed by atoms with van der Waals surface area (Å²) in [6.45, 7) is 7.45. The van der Waals surface area contributed by atoms with E-state index in [2.05, 4.69) is 0 Å². The van der Waals surface area contributed by atoms with Crippen molar-refractivity contribution in [3.05, 3.63) is 29.8 Å². The van der Waals surface area contributed by atoms with Crippen molar-refractivity contribution in [1.29, 1.82) is 0 Å².